The van der Waals surface area contributed by atoms with Gasteiger partial charge in [0.1, 0.15) is 11.5 Å². The van der Waals surface area contributed by atoms with Crippen molar-refractivity contribution in [1.82, 2.24) is 0 Å². The van der Waals surface area contributed by atoms with Crippen molar-refractivity contribution in [3.8, 4) is 11.5 Å². The van der Waals surface area contributed by atoms with Gasteiger partial charge in [-0.05, 0) is 36.4 Å². The Hall–Kier alpha value is -3.88. The molecular weight excluding hydrogens is 336 g/mol. The summed E-state index contributed by atoms with van der Waals surface area (Å²) in [5.74, 6) is -0.0758. The fourth-order valence-corrected chi connectivity index (χ4v) is 1.60. The molecule has 0 atom stereocenters. The minimum Gasteiger partial charge on any atom is -0.457 e. The van der Waals surface area contributed by atoms with Gasteiger partial charge >= 0.3 is 24.4 Å². The van der Waals surface area contributed by atoms with Crippen molar-refractivity contribution in [3.63, 3.8) is 0 Å². The van der Waals surface area contributed by atoms with Crippen LogP contribution in [0.1, 0.15) is 10.4 Å². The summed E-state index contributed by atoms with van der Waals surface area (Å²) in [4.78, 5) is 43.6. The number of rotatable bonds is 3. The average Bonchev–Trinajstić information content (AvgIpc) is 2.55. The highest BCUT2D eigenvalue weighted by Crippen LogP contribution is 2.21. The largest absolute Gasteiger partial charge is 0.528 e. The molecule has 0 radical (unpaired) electrons. The highest BCUT2D eigenvalue weighted by Gasteiger charge is 2.20. The third kappa shape index (κ3) is 5.67. The Balaban J connectivity index is 1.90. The maximum atomic E-state index is 11.7. The molecule has 0 aromatic heterocycles. The number of carbonyl (C=O) groups excluding carboxylic acids is 3. The van der Waals surface area contributed by atoms with Gasteiger partial charge < -0.3 is 24.1 Å². The molecule has 0 unspecified atom stereocenters. The number of para-hydroxylation sites is 1. The van der Waals surface area contributed by atoms with E-state index in [2.05, 4.69) is 14.2 Å². The van der Waals surface area contributed by atoms with Gasteiger partial charge in [-0.15, -0.1) is 0 Å². The van der Waals surface area contributed by atoms with Crippen LogP contribution >= 0.6 is 0 Å². The quantitative estimate of drug-likeness (QED) is 0.655. The van der Waals surface area contributed by atoms with Crippen molar-refractivity contribution >= 4 is 24.4 Å². The lowest BCUT2D eigenvalue weighted by Crippen LogP contribution is -2.20. The minimum absolute atomic E-state index is 0.0241. The number of carboxylic acid groups (broad SMARTS) is 1. The molecule has 0 fully saturated rings. The summed E-state index contributed by atoms with van der Waals surface area (Å²) in [6, 6.07) is 14.5. The Bertz CT molecular complexity index is 781. The van der Waals surface area contributed by atoms with Gasteiger partial charge in [-0.1, -0.05) is 18.2 Å². The molecule has 2 aromatic carbocycles. The number of benzene rings is 2. The Morgan fingerprint density at radius 1 is 0.680 bits per heavy atom. The van der Waals surface area contributed by atoms with Gasteiger partial charge in [0.15, 0.2) is 0 Å². The van der Waals surface area contributed by atoms with E-state index in [0.717, 1.165) is 0 Å². The molecule has 128 valence electrons. The van der Waals surface area contributed by atoms with Gasteiger partial charge in [-0.3, -0.25) is 0 Å². The standard InChI is InChI=1S/C16H10O9/c17-13(23-15(20)25-16(21)24-14(18)19)10-6-8-12(9-7-10)22-11-4-2-1-3-5-11/h1-9H,(H,18,19). The lowest BCUT2D eigenvalue weighted by molar-refractivity contribution is 0.0337. The third-order valence-corrected chi connectivity index (χ3v) is 2.58. The van der Waals surface area contributed by atoms with Crippen LogP contribution in [0.25, 0.3) is 0 Å². The van der Waals surface area contributed by atoms with E-state index in [0.29, 0.717) is 11.5 Å². The van der Waals surface area contributed by atoms with Crippen LogP contribution in [0.4, 0.5) is 14.4 Å². The van der Waals surface area contributed by atoms with E-state index in [-0.39, 0.29) is 5.56 Å². The second kappa shape index (κ2) is 8.11. The molecule has 9 nitrogen and oxygen atoms in total. The van der Waals surface area contributed by atoms with Crippen LogP contribution in [0.3, 0.4) is 0 Å². The molecular formula is C16H10O9. The molecule has 25 heavy (non-hydrogen) atoms. The first-order chi connectivity index (χ1) is 11.9. The molecule has 0 saturated heterocycles. The molecule has 0 saturated carbocycles. The molecule has 1 N–H and O–H groups in total. The summed E-state index contributed by atoms with van der Waals surface area (Å²) in [6.45, 7) is 0. The summed E-state index contributed by atoms with van der Waals surface area (Å²) in [7, 11) is 0. The van der Waals surface area contributed by atoms with Crippen molar-refractivity contribution in [1.29, 1.82) is 0 Å². The van der Waals surface area contributed by atoms with E-state index in [1.165, 1.54) is 24.3 Å². The molecule has 2 aromatic rings. The Labute approximate surface area is 140 Å². The molecule has 0 bridgehead atoms. The first kappa shape index (κ1) is 17.5. The van der Waals surface area contributed by atoms with Crippen LogP contribution in [-0.2, 0) is 14.2 Å². The van der Waals surface area contributed by atoms with Crippen LogP contribution in [0.5, 0.6) is 11.5 Å². The summed E-state index contributed by atoms with van der Waals surface area (Å²) >= 11 is 0. The van der Waals surface area contributed by atoms with Crippen LogP contribution in [0.15, 0.2) is 54.6 Å². The zero-order chi connectivity index (χ0) is 18.2. The number of ether oxygens (including phenoxy) is 4. The van der Waals surface area contributed by atoms with E-state index >= 15 is 0 Å². The lowest BCUT2D eigenvalue weighted by atomic mass is 10.2. The summed E-state index contributed by atoms with van der Waals surface area (Å²) in [5.41, 5.74) is -0.0241. The molecule has 2 rings (SSSR count). The second-order valence-electron chi connectivity index (χ2n) is 4.30. The maximum Gasteiger partial charge on any atom is 0.528 e. The Kier molecular flexibility index (Phi) is 5.67. The van der Waals surface area contributed by atoms with Gasteiger partial charge in [-0.2, -0.15) is 0 Å². The minimum atomic E-state index is -1.97. The van der Waals surface area contributed by atoms with Crippen molar-refractivity contribution in [2.24, 2.45) is 0 Å². The monoisotopic (exact) mass is 346 g/mol. The predicted molar refractivity (Wildman–Crippen MR) is 79.4 cm³/mol. The molecule has 0 amide bonds. The fraction of sp³-hybridized carbons (Fsp3) is 0. The molecule has 9 heteroatoms. The molecule has 0 aliphatic heterocycles. The Morgan fingerprint density at radius 2 is 1.24 bits per heavy atom. The first-order valence-electron chi connectivity index (χ1n) is 6.66. The van der Waals surface area contributed by atoms with Gasteiger partial charge in [-0.25, -0.2) is 19.2 Å². The van der Waals surface area contributed by atoms with E-state index < -0.39 is 24.4 Å². The second-order valence-corrected chi connectivity index (χ2v) is 4.30. The zero-order valence-corrected chi connectivity index (χ0v) is 12.4. The topological polar surface area (TPSA) is 125 Å². The van der Waals surface area contributed by atoms with E-state index in [1.54, 1.807) is 24.3 Å². The zero-order valence-electron chi connectivity index (χ0n) is 12.4. The van der Waals surface area contributed by atoms with Crippen LogP contribution in [0, 0.1) is 0 Å². The average molecular weight is 346 g/mol. The van der Waals surface area contributed by atoms with Gasteiger partial charge in [0, 0.05) is 0 Å². The van der Waals surface area contributed by atoms with Crippen LogP contribution in [-0.4, -0.2) is 29.5 Å². The molecule has 0 aliphatic carbocycles. The molecule has 0 spiro atoms. The van der Waals surface area contributed by atoms with E-state index in [1.807, 2.05) is 6.07 Å². The van der Waals surface area contributed by atoms with Crippen LogP contribution in [0.2, 0.25) is 0 Å². The highest BCUT2D eigenvalue weighted by molar-refractivity contribution is 5.97. The predicted octanol–water partition coefficient (Wildman–Crippen LogP) is 3.59. The normalized spacial score (nSPS) is 9.60. The molecule has 0 aliphatic rings. The van der Waals surface area contributed by atoms with Crippen LogP contribution < -0.4 is 4.74 Å². The van der Waals surface area contributed by atoms with Gasteiger partial charge in [0.05, 0.1) is 5.56 Å². The number of hydrogen-bond acceptors (Lipinski definition) is 8. The third-order valence-electron chi connectivity index (χ3n) is 2.58. The van der Waals surface area contributed by atoms with Gasteiger partial charge in [0.2, 0.25) is 0 Å². The highest BCUT2D eigenvalue weighted by atomic mass is 16.8. The fourth-order valence-electron chi connectivity index (χ4n) is 1.60. The number of esters is 1. The maximum absolute atomic E-state index is 11.7. The number of hydrogen-bond donors (Lipinski definition) is 1. The Morgan fingerprint density at radius 3 is 1.84 bits per heavy atom. The lowest BCUT2D eigenvalue weighted by Gasteiger charge is -2.06. The summed E-state index contributed by atoms with van der Waals surface area (Å²) in [5, 5.41) is 8.13. The van der Waals surface area contributed by atoms with Crippen molar-refractivity contribution < 1.29 is 43.2 Å². The van der Waals surface area contributed by atoms with E-state index in [9.17, 15) is 19.2 Å². The summed E-state index contributed by atoms with van der Waals surface area (Å²) in [6.07, 6.45) is -5.53. The smallest absolute Gasteiger partial charge is 0.457 e. The van der Waals surface area contributed by atoms with Crippen molar-refractivity contribution in [2.45, 2.75) is 0 Å². The first-order valence-corrected chi connectivity index (χ1v) is 6.66. The van der Waals surface area contributed by atoms with Crippen molar-refractivity contribution in [3.05, 3.63) is 60.2 Å². The SMILES string of the molecule is O=C(O)OC(=O)OC(=O)OC(=O)c1ccc(Oc2ccccc2)cc1. The molecule has 0 heterocycles. The summed E-state index contributed by atoms with van der Waals surface area (Å²) < 4.78 is 17.1. The number of carbonyl (C=O) groups is 4. The van der Waals surface area contributed by atoms with Gasteiger partial charge in [0.25, 0.3) is 0 Å². The van der Waals surface area contributed by atoms with Crippen molar-refractivity contribution in [2.75, 3.05) is 0 Å². The van der Waals surface area contributed by atoms with E-state index in [4.69, 9.17) is 9.84 Å².